The third-order valence-corrected chi connectivity index (χ3v) is 5.27. The summed E-state index contributed by atoms with van der Waals surface area (Å²) in [5.74, 6) is 0.181. The Labute approximate surface area is 148 Å². The molecule has 6 heteroatoms. The van der Waals surface area contributed by atoms with Crippen molar-refractivity contribution >= 4 is 30.7 Å². The summed E-state index contributed by atoms with van der Waals surface area (Å²) in [7, 11) is 1.96. The van der Waals surface area contributed by atoms with Gasteiger partial charge in [0.25, 0.3) is 0 Å². The van der Waals surface area contributed by atoms with Crippen LogP contribution >= 0.6 is 24.8 Å². The number of halogens is 2. The van der Waals surface area contributed by atoms with Gasteiger partial charge in [-0.1, -0.05) is 19.3 Å². The molecule has 1 heterocycles. The minimum absolute atomic E-state index is 0. The highest BCUT2D eigenvalue weighted by atomic mass is 35.5. The first kappa shape index (κ1) is 22.0. The summed E-state index contributed by atoms with van der Waals surface area (Å²) in [4.78, 5) is 17.2. The van der Waals surface area contributed by atoms with E-state index >= 15 is 0 Å². The number of likely N-dealkylation sites (tertiary alicyclic amines) is 1. The number of carbonyl (C=O) groups is 1. The molecule has 2 N–H and O–H groups in total. The minimum atomic E-state index is -0.581. The highest BCUT2D eigenvalue weighted by Gasteiger charge is 2.39. The van der Waals surface area contributed by atoms with Crippen LogP contribution in [0.25, 0.3) is 0 Å². The molecule has 1 amide bonds. The Morgan fingerprint density at radius 2 is 1.64 bits per heavy atom. The van der Waals surface area contributed by atoms with Crippen LogP contribution in [0.15, 0.2) is 0 Å². The minimum Gasteiger partial charge on any atom is -0.341 e. The monoisotopic (exact) mass is 353 g/mol. The van der Waals surface area contributed by atoms with E-state index < -0.39 is 5.54 Å². The first-order valence-corrected chi connectivity index (χ1v) is 8.24. The van der Waals surface area contributed by atoms with Gasteiger partial charge in [0.1, 0.15) is 0 Å². The molecule has 0 aromatic heterocycles. The molecule has 0 bridgehead atoms. The zero-order valence-corrected chi connectivity index (χ0v) is 15.8. The maximum absolute atomic E-state index is 12.7. The van der Waals surface area contributed by atoms with Crippen molar-refractivity contribution in [3.05, 3.63) is 0 Å². The average Bonchev–Trinajstić information content (AvgIpc) is 2.46. The molecule has 1 saturated carbocycles. The maximum atomic E-state index is 12.7. The number of nitrogens with zero attached hydrogens (tertiary/aromatic N) is 2. The first-order chi connectivity index (χ1) is 9.44. The van der Waals surface area contributed by atoms with Crippen molar-refractivity contribution in [3.63, 3.8) is 0 Å². The van der Waals surface area contributed by atoms with Crippen molar-refractivity contribution in [2.24, 2.45) is 5.73 Å². The molecule has 2 aliphatic rings. The van der Waals surface area contributed by atoms with E-state index in [0.29, 0.717) is 12.1 Å². The summed E-state index contributed by atoms with van der Waals surface area (Å²) in [6.45, 7) is 6.67. The van der Waals surface area contributed by atoms with Gasteiger partial charge in [0.2, 0.25) is 5.91 Å². The number of likely N-dealkylation sites (N-methyl/N-ethyl adjacent to an activating group) is 1. The van der Waals surface area contributed by atoms with Crippen LogP contribution in [0.4, 0.5) is 0 Å². The van der Waals surface area contributed by atoms with Gasteiger partial charge in [-0.25, -0.2) is 0 Å². The molecule has 0 radical (unpaired) electrons. The van der Waals surface area contributed by atoms with Gasteiger partial charge in [-0.05, 0) is 39.5 Å². The van der Waals surface area contributed by atoms with Gasteiger partial charge in [-0.15, -0.1) is 24.8 Å². The van der Waals surface area contributed by atoms with E-state index in [1.807, 2.05) is 11.9 Å². The second kappa shape index (κ2) is 9.31. The second-order valence-corrected chi connectivity index (χ2v) is 6.99. The highest BCUT2D eigenvalue weighted by Crippen LogP contribution is 2.29. The molecule has 1 saturated heterocycles. The van der Waals surface area contributed by atoms with E-state index in [2.05, 4.69) is 18.7 Å². The quantitative estimate of drug-likeness (QED) is 0.848. The van der Waals surface area contributed by atoms with Crippen molar-refractivity contribution in [3.8, 4) is 0 Å². The molecule has 1 aliphatic heterocycles. The maximum Gasteiger partial charge on any atom is 0.242 e. The Hall–Kier alpha value is -0.0300. The van der Waals surface area contributed by atoms with Gasteiger partial charge in [0, 0.05) is 32.2 Å². The van der Waals surface area contributed by atoms with Crippen LogP contribution in [0.2, 0.25) is 0 Å². The zero-order valence-electron chi connectivity index (χ0n) is 14.2. The summed E-state index contributed by atoms with van der Waals surface area (Å²) in [6.07, 6.45) is 7.31. The molecule has 0 spiro atoms. The summed E-state index contributed by atoms with van der Waals surface area (Å²) in [6, 6.07) is 0.982. The topological polar surface area (TPSA) is 49.6 Å². The fourth-order valence-electron chi connectivity index (χ4n) is 3.70. The van der Waals surface area contributed by atoms with Crippen LogP contribution in [-0.4, -0.2) is 53.5 Å². The number of carbonyl (C=O) groups excluding carboxylic acids is 1. The van der Waals surface area contributed by atoms with Gasteiger partial charge in [0.05, 0.1) is 5.54 Å². The summed E-state index contributed by atoms with van der Waals surface area (Å²) in [5.41, 5.74) is 5.80. The lowest BCUT2D eigenvalue weighted by Crippen LogP contribution is -2.58. The van der Waals surface area contributed by atoms with Gasteiger partial charge < -0.3 is 15.5 Å². The van der Waals surface area contributed by atoms with Crippen molar-refractivity contribution in [1.29, 1.82) is 0 Å². The van der Waals surface area contributed by atoms with E-state index in [-0.39, 0.29) is 30.7 Å². The number of rotatable bonds is 3. The SMILES string of the molecule is CC(C)N1CCC(N(C)C(=O)C2(N)CCCCC2)CC1.Cl.Cl. The van der Waals surface area contributed by atoms with Crippen LogP contribution in [0.5, 0.6) is 0 Å². The molecule has 0 aromatic rings. The van der Waals surface area contributed by atoms with Crippen LogP contribution in [0, 0.1) is 0 Å². The Balaban J connectivity index is 0.00000220. The van der Waals surface area contributed by atoms with Crippen LogP contribution in [0.3, 0.4) is 0 Å². The fraction of sp³-hybridized carbons (Fsp3) is 0.938. The van der Waals surface area contributed by atoms with Crippen molar-refractivity contribution in [2.75, 3.05) is 20.1 Å². The average molecular weight is 354 g/mol. The van der Waals surface area contributed by atoms with E-state index in [9.17, 15) is 4.79 Å². The number of amides is 1. The normalized spacial score (nSPS) is 22.6. The Bertz CT molecular complexity index is 338. The Kier molecular flexibility index (Phi) is 9.30. The lowest BCUT2D eigenvalue weighted by atomic mass is 9.81. The van der Waals surface area contributed by atoms with Gasteiger partial charge in [0.15, 0.2) is 0 Å². The molecule has 22 heavy (non-hydrogen) atoms. The predicted molar refractivity (Wildman–Crippen MR) is 97.0 cm³/mol. The summed E-state index contributed by atoms with van der Waals surface area (Å²) < 4.78 is 0. The molecule has 4 nitrogen and oxygen atoms in total. The first-order valence-electron chi connectivity index (χ1n) is 8.24. The molecule has 2 rings (SSSR count). The van der Waals surface area contributed by atoms with Crippen molar-refractivity contribution in [2.45, 2.75) is 76.4 Å². The Morgan fingerprint density at radius 1 is 1.14 bits per heavy atom. The standard InChI is InChI=1S/C16H31N3O.2ClH/c1-13(2)19-11-7-14(8-12-19)18(3)15(20)16(17)9-5-4-6-10-16;;/h13-14H,4-12,17H2,1-3H3;2*1H. The lowest BCUT2D eigenvalue weighted by Gasteiger charge is -2.42. The number of hydrogen-bond acceptors (Lipinski definition) is 3. The largest absolute Gasteiger partial charge is 0.341 e. The third kappa shape index (κ3) is 4.98. The summed E-state index contributed by atoms with van der Waals surface area (Å²) >= 11 is 0. The molecule has 132 valence electrons. The highest BCUT2D eigenvalue weighted by molar-refractivity contribution is 5.86. The van der Waals surface area contributed by atoms with E-state index in [0.717, 1.165) is 51.6 Å². The zero-order chi connectivity index (χ0) is 14.8. The van der Waals surface area contributed by atoms with Gasteiger partial charge in [-0.3, -0.25) is 4.79 Å². The summed E-state index contributed by atoms with van der Waals surface area (Å²) in [5, 5.41) is 0. The van der Waals surface area contributed by atoms with Crippen LogP contribution in [-0.2, 0) is 4.79 Å². The van der Waals surface area contributed by atoms with Gasteiger partial charge >= 0.3 is 0 Å². The number of hydrogen-bond donors (Lipinski definition) is 1. The van der Waals surface area contributed by atoms with E-state index in [4.69, 9.17) is 5.73 Å². The van der Waals surface area contributed by atoms with E-state index in [1.54, 1.807) is 0 Å². The molecule has 0 aromatic carbocycles. The number of nitrogens with two attached hydrogens (primary N) is 1. The molecule has 0 unspecified atom stereocenters. The molecular formula is C16H33Cl2N3O. The smallest absolute Gasteiger partial charge is 0.242 e. The van der Waals surface area contributed by atoms with Crippen LogP contribution < -0.4 is 5.73 Å². The molecule has 0 atom stereocenters. The number of piperidine rings is 1. The molecule has 1 aliphatic carbocycles. The Morgan fingerprint density at radius 3 is 2.09 bits per heavy atom. The van der Waals surface area contributed by atoms with Crippen LogP contribution in [0.1, 0.15) is 58.8 Å². The van der Waals surface area contributed by atoms with Crippen molar-refractivity contribution < 1.29 is 4.79 Å². The second-order valence-electron chi connectivity index (χ2n) is 6.99. The third-order valence-electron chi connectivity index (χ3n) is 5.27. The van der Waals surface area contributed by atoms with Gasteiger partial charge in [-0.2, -0.15) is 0 Å². The fourth-order valence-corrected chi connectivity index (χ4v) is 3.70. The van der Waals surface area contributed by atoms with E-state index in [1.165, 1.54) is 6.42 Å². The molecular weight excluding hydrogens is 321 g/mol. The lowest BCUT2D eigenvalue weighted by molar-refractivity contribution is -0.140. The molecule has 2 fully saturated rings. The van der Waals surface area contributed by atoms with Crippen molar-refractivity contribution in [1.82, 2.24) is 9.80 Å². The predicted octanol–water partition coefficient (Wildman–Crippen LogP) is 2.82.